The molecule has 1 aromatic heterocycles. The van der Waals surface area contributed by atoms with Crippen LogP contribution in [0.3, 0.4) is 0 Å². The van der Waals surface area contributed by atoms with E-state index >= 15 is 0 Å². The summed E-state index contributed by atoms with van der Waals surface area (Å²) >= 11 is 0. The van der Waals surface area contributed by atoms with E-state index in [1.807, 2.05) is 0 Å². The Bertz CT molecular complexity index is 396. The van der Waals surface area contributed by atoms with Gasteiger partial charge in [-0.05, 0) is 12.0 Å². The summed E-state index contributed by atoms with van der Waals surface area (Å²) in [6.07, 6.45) is 2.35. The first-order valence-corrected chi connectivity index (χ1v) is 4.64. The second-order valence-electron chi connectivity index (χ2n) is 4.01. The summed E-state index contributed by atoms with van der Waals surface area (Å²) in [6.45, 7) is 0. The molecule has 0 spiro atoms. The van der Waals surface area contributed by atoms with Crippen molar-refractivity contribution < 1.29 is 15.1 Å². The number of aliphatic hydroxyl groups is 2. The highest BCUT2D eigenvalue weighted by molar-refractivity contribution is 5.41. The number of aliphatic hydroxyl groups excluding tert-OH is 2. The zero-order valence-electron chi connectivity index (χ0n) is 7.37. The van der Waals surface area contributed by atoms with Crippen LogP contribution in [0.4, 0.5) is 0 Å². The normalized spacial score (nSPS) is 38.7. The summed E-state index contributed by atoms with van der Waals surface area (Å²) in [4.78, 5) is 0.499. The molecular formula is C9H10N2O3. The quantitative estimate of drug-likeness (QED) is 0.411. The molecule has 3 rings (SSSR count). The van der Waals surface area contributed by atoms with E-state index < -0.39 is 12.2 Å². The highest BCUT2D eigenvalue weighted by atomic mass is 16.5. The Morgan fingerprint density at radius 1 is 1.43 bits per heavy atom. The van der Waals surface area contributed by atoms with Gasteiger partial charge in [0.25, 0.3) is 0 Å². The molecule has 2 bridgehead atoms. The van der Waals surface area contributed by atoms with Crippen molar-refractivity contribution in [2.24, 2.45) is 0 Å². The molecular weight excluding hydrogens is 184 g/mol. The standard InChI is InChI=1S/C9H10N2O3/c12-7-1-4-6-3-11(14)10-2-5(6)8(7)9(4)13/h2-4,7-9,12-13H,1H2/t4-,7+,8-,9?/m1/s1. The van der Waals surface area contributed by atoms with Crippen LogP contribution in [0.1, 0.15) is 29.4 Å². The minimum absolute atomic E-state index is 0.0896. The molecule has 2 aliphatic carbocycles. The summed E-state index contributed by atoms with van der Waals surface area (Å²) in [5, 5.41) is 34.0. The lowest BCUT2D eigenvalue weighted by molar-refractivity contribution is -0.669. The van der Waals surface area contributed by atoms with Crippen LogP contribution in [0, 0.1) is 5.21 Å². The number of fused-ring (bicyclic) bond motifs is 5. The first-order chi connectivity index (χ1) is 6.68. The van der Waals surface area contributed by atoms with Gasteiger partial charge < -0.3 is 15.4 Å². The van der Waals surface area contributed by atoms with Crippen LogP contribution < -0.4 is 4.85 Å². The zero-order valence-corrected chi connectivity index (χ0v) is 7.37. The Kier molecular flexibility index (Phi) is 1.41. The molecule has 1 heterocycles. The third-order valence-corrected chi connectivity index (χ3v) is 3.34. The van der Waals surface area contributed by atoms with Gasteiger partial charge in [0.1, 0.15) is 0 Å². The summed E-state index contributed by atoms with van der Waals surface area (Å²) in [6, 6.07) is 0. The van der Waals surface area contributed by atoms with Crippen LogP contribution in [-0.4, -0.2) is 27.5 Å². The second-order valence-corrected chi connectivity index (χ2v) is 4.01. The molecule has 2 N–H and O–H groups in total. The fourth-order valence-electron chi connectivity index (χ4n) is 2.74. The molecule has 0 radical (unpaired) electrons. The largest absolute Gasteiger partial charge is 0.594 e. The van der Waals surface area contributed by atoms with E-state index in [-0.39, 0.29) is 11.8 Å². The van der Waals surface area contributed by atoms with Gasteiger partial charge in [-0.2, -0.15) is 0 Å². The zero-order chi connectivity index (χ0) is 9.87. The van der Waals surface area contributed by atoms with Crippen molar-refractivity contribution >= 4 is 0 Å². The van der Waals surface area contributed by atoms with Gasteiger partial charge in [-0.1, -0.05) is 4.85 Å². The number of hydrogen-bond acceptors (Lipinski definition) is 4. The van der Waals surface area contributed by atoms with Crippen molar-refractivity contribution in [3.8, 4) is 0 Å². The van der Waals surface area contributed by atoms with Crippen molar-refractivity contribution in [2.45, 2.75) is 30.5 Å². The van der Waals surface area contributed by atoms with Crippen molar-refractivity contribution in [1.82, 2.24) is 5.10 Å². The van der Waals surface area contributed by atoms with E-state index in [2.05, 4.69) is 5.10 Å². The molecule has 0 amide bonds. The molecule has 5 heteroatoms. The second kappa shape index (κ2) is 2.43. The van der Waals surface area contributed by atoms with E-state index in [9.17, 15) is 15.4 Å². The first kappa shape index (κ1) is 8.14. The first-order valence-electron chi connectivity index (χ1n) is 4.64. The molecule has 0 aliphatic heterocycles. The average molecular weight is 194 g/mol. The molecule has 74 valence electrons. The molecule has 0 saturated heterocycles. The lowest BCUT2D eigenvalue weighted by atomic mass is 9.92. The molecule has 1 saturated carbocycles. The van der Waals surface area contributed by atoms with Crippen LogP contribution in [0.2, 0.25) is 0 Å². The Labute approximate surface area is 80.2 Å². The number of rotatable bonds is 0. The monoisotopic (exact) mass is 194 g/mol. The van der Waals surface area contributed by atoms with Crippen LogP contribution in [0.25, 0.3) is 0 Å². The third-order valence-electron chi connectivity index (χ3n) is 3.34. The fourth-order valence-corrected chi connectivity index (χ4v) is 2.74. The molecule has 4 atom stereocenters. The topological polar surface area (TPSA) is 80.3 Å². The van der Waals surface area contributed by atoms with E-state index in [0.717, 1.165) is 11.1 Å². The van der Waals surface area contributed by atoms with Gasteiger partial charge >= 0.3 is 0 Å². The van der Waals surface area contributed by atoms with Gasteiger partial charge in [-0.25, -0.2) is 0 Å². The molecule has 0 aromatic carbocycles. The van der Waals surface area contributed by atoms with E-state index in [1.54, 1.807) is 0 Å². The van der Waals surface area contributed by atoms with Crippen molar-refractivity contribution in [3.63, 3.8) is 0 Å². The van der Waals surface area contributed by atoms with Gasteiger partial charge in [0.2, 0.25) is 6.20 Å². The molecule has 14 heavy (non-hydrogen) atoms. The highest BCUT2D eigenvalue weighted by Gasteiger charge is 2.51. The van der Waals surface area contributed by atoms with E-state index in [1.165, 1.54) is 12.4 Å². The Morgan fingerprint density at radius 2 is 2.21 bits per heavy atom. The maximum Gasteiger partial charge on any atom is 0.213 e. The van der Waals surface area contributed by atoms with Crippen LogP contribution in [0.15, 0.2) is 12.4 Å². The Hall–Kier alpha value is -1.20. The predicted molar refractivity (Wildman–Crippen MR) is 45.3 cm³/mol. The van der Waals surface area contributed by atoms with E-state index in [0.29, 0.717) is 11.3 Å². The molecule has 5 nitrogen and oxygen atoms in total. The van der Waals surface area contributed by atoms with Gasteiger partial charge in [0.15, 0.2) is 0 Å². The van der Waals surface area contributed by atoms with Crippen molar-refractivity contribution in [3.05, 3.63) is 28.7 Å². The lowest BCUT2D eigenvalue weighted by Gasteiger charge is -2.17. The lowest BCUT2D eigenvalue weighted by Crippen LogP contribution is -2.32. The van der Waals surface area contributed by atoms with Gasteiger partial charge in [0.05, 0.1) is 18.4 Å². The summed E-state index contributed by atoms with van der Waals surface area (Å²) in [7, 11) is 0. The van der Waals surface area contributed by atoms with Gasteiger partial charge in [-0.3, -0.25) is 0 Å². The van der Waals surface area contributed by atoms with Crippen molar-refractivity contribution in [1.29, 1.82) is 0 Å². The maximum atomic E-state index is 11.0. The number of hydrogen-bond donors (Lipinski definition) is 2. The fraction of sp³-hybridized carbons (Fsp3) is 0.556. The van der Waals surface area contributed by atoms with Crippen LogP contribution in [-0.2, 0) is 0 Å². The van der Waals surface area contributed by atoms with E-state index in [4.69, 9.17) is 0 Å². The molecule has 1 aromatic rings. The smallest absolute Gasteiger partial charge is 0.213 e. The summed E-state index contributed by atoms with van der Waals surface area (Å²) in [5.74, 6) is -0.336. The third kappa shape index (κ3) is 0.809. The summed E-state index contributed by atoms with van der Waals surface area (Å²) in [5.41, 5.74) is 1.67. The minimum Gasteiger partial charge on any atom is -0.594 e. The molecule has 1 fully saturated rings. The SMILES string of the molecule is [O-][n+]1cc2c(cn1)[C@H]1C(O)[C@@H]2C[C@@H]1O. The number of nitrogens with zero attached hydrogens (tertiary/aromatic N) is 2. The highest BCUT2D eigenvalue weighted by Crippen LogP contribution is 2.52. The summed E-state index contributed by atoms with van der Waals surface area (Å²) < 4.78 is 0. The predicted octanol–water partition coefficient (Wildman–Crippen LogP) is -0.979. The Balaban J connectivity index is 2.17. The van der Waals surface area contributed by atoms with Crippen LogP contribution >= 0.6 is 0 Å². The Morgan fingerprint density at radius 3 is 3.00 bits per heavy atom. The minimum atomic E-state index is -0.552. The van der Waals surface area contributed by atoms with Crippen LogP contribution in [0.5, 0.6) is 0 Å². The van der Waals surface area contributed by atoms with Gasteiger partial charge in [-0.15, -0.1) is 0 Å². The maximum absolute atomic E-state index is 11.0. The molecule has 2 aliphatic rings. The van der Waals surface area contributed by atoms with Crippen molar-refractivity contribution in [2.75, 3.05) is 0 Å². The number of aromatic nitrogens is 2. The van der Waals surface area contributed by atoms with Gasteiger partial charge in [0, 0.05) is 22.5 Å². The average Bonchev–Trinajstić information content (AvgIpc) is 2.56. The molecule has 1 unspecified atom stereocenters.